The number of nitro groups is 1. The summed E-state index contributed by atoms with van der Waals surface area (Å²) in [7, 11) is 0.661. The Hall–Kier alpha value is -2.63. The summed E-state index contributed by atoms with van der Waals surface area (Å²) in [4.78, 5) is 23.4. The summed E-state index contributed by atoms with van der Waals surface area (Å²) in [6.07, 6.45) is -0.171. The highest BCUT2D eigenvalue weighted by Crippen LogP contribution is 2.37. The summed E-state index contributed by atoms with van der Waals surface area (Å²) in [6.45, 7) is 4.10. The largest absolute Gasteiger partial charge is 0.460 e. The van der Waals surface area contributed by atoms with E-state index in [-0.39, 0.29) is 18.2 Å². The monoisotopic (exact) mass is 432 g/mol. The second-order valence-electron chi connectivity index (χ2n) is 7.48. The third kappa shape index (κ3) is 6.44. The van der Waals surface area contributed by atoms with Crippen LogP contribution in [0.2, 0.25) is 0 Å². The van der Waals surface area contributed by atoms with Crippen LogP contribution in [-0.2, 0) is 25.4 Å². The molecule has 0 bridgehead atoms. The molecule has 0 spiro atoms. The fourth-order valence-electron chi connectivity index (χ4n) is 3.36. The molecule has 0 amide bonds. The van der Waals surface area contributed by atoms with Gasteiger partial charge >= 0.3 is 14.4 Å². The molecule has 8 heteroatoms. The summed E-state index contributed by atoms with van der Waals surface area (Å²) in [6, 6.07) is 15.2. The first-order valence-electron chi connectivity index (χ1n) is 9.72. The molecule has 4 atom stereocenters. The summed E-state index contributed by atoms with van der Waals surface area (Å²) < 4.78 is 23.3. The molecule has 0 aliphatic rings. The second kappa shape index (κ2) is 11.5. The van der Waals surface area contributed by atoms with E-state index in [4.69, 9.17) is 9.47 Å². The number of nitrogens with zero attached hydrogens (tertiary/aromatic N) is 1. The van der Waals surface area contributed by atoms with E-state index in [1.54, 1.807) is 12.1 Å². The lowest BCUT2D eigenvalue weighted by atomic mass is 9.89. The first-order valence-corrected chi connectivity index (χ1v) is 10.7. The van der Waals surface area contributed by atoms with Crippen molar-refractivity contribution in [3.63, 3.8) is 0 Å². The van der Waals surface area contributed by atoms with Gasteiger partial charge < -0.3 is 9.47 Å². The van der Waals surface area contributed by atoms with Gasteiger partial charge in [0.2, 0.25) is 0 Å². The summed E-state index contributed by atoms with van der Waals surface area (Å²) in [5, 5.41) is 10.9. The topological polar surface area (TPSA) is 95.7 Å². The van der Waals surface area contributed by atoms with Crippen molar-refractivity contribution in [3.8, 4) is 0 Å². The fraction of sp³-hybridized carbons (Fsp3) is 0.409. The van der Waals surface area contributed by atoms with Crippen molar-refractivity contribution in [3.05, 3.63) is 75.8 Å². The fourth-order valence-corrected chi connectivity index (χ4v) is 4.25. The molecule has 0 saturated heterocycles. The van der Waals surface area contributed by atoms with Crippen LogP contribution in [0.25, 0.3) is 0 Å². The zero-order valence-corrected chi connectivity index (χ0v) is 18.3. The van der Waals surface area contributed by atoms with Gasteiger partial charge in [-0.1, -0.05) is 48.7 Å². The van der Waals surface area contributed by atoms with Crippen molar-refractivity contribution in [1.29, 1.82) is 0 Å². The summed E-state index contributed by atoms with van der Waals surface area (Å²) >= 11 is 0. The van der Waals surface area contributed by atoms with E-state index in [1.165, 1.54) is 19.2 Å². The van der Waals surface area contributed by atoms with Gasteiger partial charge in [0.15, 0.2) is 5.66 Å². The van der Waals surface area contributed by atoms with E-state index in [1.807, 2.05) is 44.2 Å². The van der Waals surface area contributed by atoms with Gasteiger partial charge in [-0.05, 0) is 35.6 Å². The number of carbonyl (C=O) groups excluding carboxylic acids is 1. The zero-order valence-electron chi connectivity index (χ0n) is 17.3. The molecule has 0 aliphatic heterocycles. The van der Waals surface area contributed by atoms with E-state index >= 15 is 0 Å². The quantitative estimate of drug-likeness (QED) is 0.213. The highest BCUT2D eigenvalue weighted by molar-refractivity contribution is 7.24. The standard InChI is InChI=1S/C22H26NO6P/c1-15(2)13-19(22(24)29-14-16-7-5-4-6-8-16)21(30-27)20(28-3)17-9-11-18(12-10-17)23(25)26/h4-12,15,19-21H,13-14H2,1-3H3/p+1. The molecule has 0 aliphatic carbocycles. The molecule has 160 valence electrons. The Morgan fingerprint density at radius 3 is 2.23 bits per heavy atom. The molecule has 0 fully saturated rings. The van der Waals surface area contributed by atoms with Crippen LogP contribution in [0.15, 0.2) is 54.6 Å². The normalized spacial score (nSPS) is 14.3. The summed E-state index contributed by atoms with van der Waals surface area (Å²) in [5.74, 6) is -0.887. The Morgan fingerprint density at radius 2 is 1.73 bits per heavy atom. The molecule has 7 nitrogen and oxygen atoms in total. The molecule has 2 rings (SSSR count). The van der Waals surface area contributed by atoms with E-state index in [0.29, 0.717) is 12.0 Å². The minimum atomic E-state index is -0.812. The Balaban J connectivity index is 2.25. The predicted molar refractivity (Wildman–Crippen MR) is 115 cm³/mol. The van der Waals surface area contributed by atoms with Crippen molar-refractivity contribution < 1.29 is 23.8 Å². The van der Waals surface area contributed by atoms with Crippen molar-refractivity contribution >= 4 is 20.1 Å². The molecule has 0 radical (unpaired) electrons. The lowest BCUT2D eigenvalue weighted by Crippen LogP contribution is -2.33. The smallest absolute Gasteiger partial charge is 0.332 e. The maximum Gasteiger partial charge on any atom is 0.332 e. The Bertz CT molecular complexity index is 840. The first-order chi connectivity index (χ1) is 14.4. The van der Waals surface area contributed by atoms with Crippen molar-refractivity contribution in [1.82, 2.24) is 0 Å². The average Bonchev–Trinajstić information content (AvgIpc) is 2.75. The molecule has 0 aromatic heterocycles. The Morgan fingerprint density at radius 1 is 1.10 bits per heavy atom. The van der Waals surface area contributed by atoms with Gasteiger partial charge in [0.05, 0.1) is 4.92 Å². The van der Waals surface area contributed by atoms with Gasteiger partial charge in [0.1, 0.15) is 18.6 Å². The lowest BCUT2D eigenvalue weighted by molar-refractivity contribution is -0.384. The van der Waals surface area contributed by atoms with Crippen LogP contribution in [0.1, 0.15) is 37.5 Å². The Kier molecular flexibility index (Phi) is 9.09. The number of hydrogen-bond donors (Lipinski definition) is 0. The number of rotatable bonds is 11. The van der Waals surface area contributed by atoms with Crippen LogP contribution in [-0.4, -0.2) is 23.7 Å². The van der Waals surface area contributed by atoms with Crippen molar-refractivity contribution in [2.45, 2.75) is 38.6 Å². The maximum atomic E-state index is 12.9. The third-order valence-corrected chi connectivity index (χ3v) is 5.81. The predicted octanol–water partition coefficient (Wildman–Crippen LogP) is 5.08. The van der Waals surface area contributed by atoms with Crippen LogP contribution in [0, 0.1) is 22.0 Å². The molecule has 0 heterocycles. The molecule has 0 saturated carbocycles. The van der Waals surface area contributed by atoms with Crippen LogP contribution >= 0.6 is 8.46 Å². The number of benzene rings is 2. The van der Waals surface area contributed by atoms with Crippen molar-refractivity contribution in [2.24, 2.45) is 11.8 Å². The van der Waals surface area contributed by atoms with E-state index in [2.05, 4.69) is 0 Å². The summed E-state index contributed by atoms with van der Waals surface area (Å²) in [5.41, 5.74) is 0.813. The third-order valence-electron chi connectivity index (χ3n) is 4.83. The van der Waals surface area contributed by atoms with E-state index < -0.39 is 37.0 Å². The first kappa shape index (κ1) is 23.6. The maximum absolute atomic E-state index is 12.9. The van der Waals surface area contributed by atoms with Crippen LogP contribution < -0.4 is 0 Å². The van der Waals surface area contributed by atoms with Gasteiger partial charge in [-0.15, -0.1) is 0 Å². The molecule has 30 heavy (non-hydrogen) atoms. The van der Waals surface area contributed by atoms with E-state index in [9.17, 15) is 19.5 Å². The number of carbonyl (C=O) groups is 1. The minimum Gasteiger partial charge on any atom is -0.460 e. The molecular formula is C22H27NO6P+. The number of esters is 1. The number of non-ortho nitro benzene ring substituents is 1. The SMILES string of the molecule is COC(c1ccc([N+](=O)[O-])cc1)C([PH+]=O)C(CC(C)C)C(=O)OCc1ccccc1. The number of hydrogen-bond acceptors (Lipinski definition) is 6. The molecule has 2 aromatic carbocycles. The highest BCUT2D eigenvalue weighted by atomic mass is 31.1. The molecular weight excluding hydrogens is 405 g/mol. The molecule has 0 N–H and O–H groups in total. The van der Waals surface area contributed by atoms with Gasteiger partial charge in [-0.2, -0.15) is 0 Å². The van der Waals surface area contributed by atoms with Crippen molar-refractivity contribution in [2.75, 3.05) is 7.11 Å². The highest BCUT2D eigenvalue weighted by Gasteiger charge is 2.43. The van der Waals surface area contributed by atoms with Crippen LogP contribution in [0.5, 0.6) is 0 Å². The van der Waals surface area contributed by atoms with Crippen LogP contribution in [0.3, 0.4) is 0 Å². The molecule has 4 unspecified atom stereocenters. The number of nitro benzene ring substituents is 1. The van der Waals surface area contributed by atoms with Gasteiger partial charge in [-0.3, -0.25) is 14.9 Å². The van der Waals surface area contributed by atoms with Crippen LogP contribution in [0.4, 0.5) is 5.69 Å². The molecule has 2 aromatic rings. The van der Waals surface area contributed by atoms with Gasteiger partial charge in [0.25, 0.3) is 5.69 Å². The van der Waals surface area contributed by atoms with Gasteiger partial charge in [-0.25, -0.2) is 0 Å². The number of methoxy groups -OCH3 is 1. The average molecular weight is 432 g/mol. The minimum absolute atomic E-state index is 0.0456. The number of ether oxygens (including phenoxy) is 2. The second-order valence-corrected chi connectivity index (χ2v) is 8.38. The lowest BCUT2D eigenvalue weighted by Gasteiger charge is -2.25. The van der Waals surface area contributed by atoms with E-state index in [0.717, 1.165) is 5.56 Å². The Labute approximate surface area is 177 Å². The van der Waals surface area contributed by atoms with Gasteiger partial charge in [0, 0.05) is 19.2 Å². The zero-order chi connectivity index (χ0) is 22.1.